The Morgan fingerprint density at radius 1 is 1.12 bits per heavy atom. The zero-order chi connectivity index (χ0) is 18.5. The minimum atomic E-state index is -0.490. The fraction of sp³-hybridized carbons (Fsp3) is 0.350. The highest BCUT2D eigenvalue weighted by molar-refractivity contribution is 5.83. The van der Waals surface area contributed by atoms with Gasteiger partial charge in [-0.05, 0) is 49.5 Å². The van der Waals surface area contributed by atoms with Gasteiger partial charge in [0.2, 0.25) is 5.91 Å². The van der Waals surface area contributed by atoms with Gasteiger partial charge in [0.1, 0.15) is 11.9 Å². The second-order valence-electron chi connectivity index (χ2n) is 6.47. The van der Waals surface area contributed by atoms with Crippen LogP contribution in [0.15, 0.2) is 42.5 Å². The highest BCUT2D eigenvalue weighted by Gasteiger charge is 2.22. The van der Waals surface area contributed by atoms with E-state index in [0.29, 0.717) is 25.5 Å². The first-order valence-corrected chi connectivity index (χ1v) is 8.63. The van der Waals surface area contributed by atoms with Crippen molar-refractivity contribution in [2.45, 2.75) is 19.0 Å². The molecule has 1 atom stereocenters. The van der Waals surface area contributed by atoms with Gasteiger partial charge in [-0.2, -0.15) is 0 Å². The van der Waals surface area contributed by atoms with Crippen LogP contribution in [0.5, 0.6) is 11.5 Å². The molecule has 0 fully saturated rings. The molecular formula is C20H23FN2O3. The quantitative estimate of drug-likeness (QED) is 0.893. The number of halogens is 1. The molecule has 1 N–H and O–H groups in total. The largest absolute Gasteiger partial charge is 0.490 e. The maximum atomic E-state index is 13.2. The van der Waals surface area contributed by atoms with E-state index in [9.17, 15) is 9.18 Å². The fourth-order valence-corrected chi connectivity index (χ4v) is 2.93. The molecule has 1 aliphatic rings. The number of hydrogen-bond acceptors (Lipinski definition) is 4. The molecule has 0 unspecified atom stereocenters. The number of likely N-dealkylation sites (N-methyl/N-ethyl adjacent to an activating group) is 1. The standard InChI is InChI=1S/C20H23FN2O3/c1-23(2)19(15-5-7-16(21)8-6-15)20(24)22-13-14-4-9-17-18(12-14)26-11-3-10-25-17/h4-9,12,19H,3,10-11,13H2,1-2H3,(H,22,24)/t19-/m0/s1. The van der Waals surface area contributed by atoms with E-state index >= 15 is 0 Å². The minimum absolute atomic E-state index is 0.145. The summed E-state index contributed by atoms with van der Waals surface area (Å²) in [5.74, 6) is 0.972. The van der Waals surface area contributed by atoms with Crippen LogP contribution in [-0.2, 0) is 11.3 Å². The van der Waals surface area contributed by atoms with Crippen molar-refractivity contribution < 1.29 is 18.7 Å². The molecule has 138 valence electrons. The molecule has 0 aromatic heterocycles. The van der Waals surface area contributed by atoms with Crippen molar-refractivity contribution in [2.75, 3.05) is 27.3 Å². The summed E-state index contributed by atoms with van der Waals surface area (Å²) in [6.45, 7) is 1.64. The van der Waals surface area contributed by atoms with Crippen molar-refractivity contribution in [3.8, 4) is 11.5 Å². The topological polar surface area (TPSA) is 50.8 Å². The van der Waals surface area contributed by atoms with E-state index in [1.165, 1.54) is 12.1 Å². The van der Waals surface area contributed by atoms with Gasteiger partial charge in [0.15, 0.2) is 11.5 Å². The number of benzene rings is 2. The smallest absolute Gasteiger partial charge is 0.242 e. The Morgan fingerprint density at radius 3 is 2.50 bits per heavy atom. The Labute approximate surface area is 152 Å². The molecule has 0 saturated carbocycles. The van der Waals surface area contributed by atoms with Gasteiger partial charge in [0.25, 0.3) is 0 Å². The van der Waals surface area contributed by atoms with Crippen LogP contribution < -0.4 is 14.8 Å². The van der Waals surface area contributed by atoms with Crippen LogP contribution in [0.25, 0.3) is 0 Å². The van der Waals surface area contributed by atoms with Crippen molar-refractivity contribution in [3.05, 3.63) is 59.4 Å². The summed E-state index contributed by atoms with van der Waals surface area (Å²) in [5, 5.41) is 2.95. The van der Waals surface area contributed by atoms with E-state index in [4.69, 9.17) is 9.47 Å². The van der Waals surface area contributed by atoms with Gasteiger partial charge in [-0.1, -0.05) is 18.2 Å². The van der Waals surface area contributed by atoms with Crippen molar-refractivity contribution in [1.29, 1.82) is 0 Å². The Balaban J connectivity index is 1.68. The predicted octanol–water partition coefficient (Wildman–Crippen LogP) is 2.91. The summed E-state index contributed by atoms with van der Waals surface area (Å²) in [7, 11) is 3.64. The lowest BCUT2D eigenvalue weighted by Crippen LogP contribution is -2.36. The molecule has 2 aromatic carbocycles. The molecule has 6 heteroatoms. The molecule has 5 nitrogen and oxygen atoms in total. The summed E-state index contributed by atoms with van der Waals surface area (Å²) < 4.78 is 24.4. The number of carbonyl (C=O) groups is 1. The van der Waals surface area contributed by atoms with Crippen LogP contribution >= 0.6 is 0 Å². The Hall–Kier alpha value is -2.60. The average Bonchev–Trinajstić information content (AvgIpc) is 2.86. The van der Waals surface area contributed by atoms with Crippen LogP contribution in [0.3, 0.4) is 0 Å². The first-order valence-electron chi connectivity index (χ1n) is 8.63. The third-order valence-electron chi connectivity index (χ3n) is 4.23. The van der Waals surface area contributed by atoms with Crippen molar-refractivity contribution in [1.82, 2.24) is 10.2 Å². The van der Waals surface area contributed by atoms with Crippen molar-refractivity contribution >= 4 is 5.91 Å². The number of rotatable bonds is 5. The first kappa shape index (κ1) is 18.2. The van der Waals surface area contributed by atoms with Crippen LogP contribution in [0.4, 0.5) is 4.39 Å². The number of amides is 1. The second-order valence-corrected chi connectivity index (χ2v) is 6.47. The van der Waals surface area contributed by atoms with Crippen LogP contribution in [0.1, 0.15) is 23.6 Å². The number of hydrogen-bond donors (Lipinski definition) is 1. The molecule has 2 aromatic rings. The summed E-state index contributed by atoms with van der Waals surface area (Å²) >= 11 is 0. The maximum absolute atomic E-state index is 13.2. The Morgan fingerprint density at radius 2 is 1.81 bits per heavy atom. The number of fused-ring (bicyclic) bond motifs is 1. The van der Waals surface area contributed by atoms with Crippen LogP contribution in [-0.4, -0.2) is 38.1 Å². The lowest BCUT2D eigenvalue weighted by molar-refractivity contribution is -0.125. The van der Waals surface area contributed by atoms with Crippen molar-refractivity contribution in [3.63, 3.8) is 0 Å². The molecule has 0 aliphatic carbocycles. The maximum Gasteiger partial charge on any atom is 0.242 e. The van der Waals surface area contributed by atoms with Gasteiger partial charge in [-0.15, -0.1) is 0 Å². The highest BCUT2D eigenvalue weighted by atomic mass is 19.1. The molecule has 1 heterocycles. The third-order valence-corrected chi connectivity index (χ3v) is 4.23. The van der Waals surface area contributed by atoms with E-state index < -0.39 is 6.04 Å². The van der Waals surface area contributed by atoms with Gasteiger partial charge >= 0.3 is 0 Å². The van der Waals surface area contributed by atoms with Gasteiger partial charge < -0.3 is 14.8 Å². The molecule has 26 heavy (non-hydrogen) atoms. The van der Waals surface area contributed by atoms with E-state index in [2.05, 4.69) is 5.32 Å². The highest BCUT2D eigenvalue weighted by Crippen LogP contribution is 2.30. The number of ether oxygens (including phenoxy) is 2. The normalized spacial score (nSPS) is 14.6. The molecule has 3 rings (SSSR count). The zero-order valence-corrected chi connectivity index (χ0v) is 15.0. The molecule has 1 amide bonds. The monoisotopic (exact) mass is 358 g/mol. The lowest BCUT2D eigenvalue weighted by atomic mass is 10.0. The summed E-state index contributed by atoms with van der Waals surface area (Å²) in [6, 6.07) is 11.2. The molecule has 1 aliphatic heterocycles. The SMILES string of the molecule is CN(C)[C@H](C(=O)NCc1ccc2c(c1)OCCCO2)c1ccc(F)cc1. The first-order chi connectivity index (χ1) is 12.5. The van der Waals surface area contributed by atoms with Crippen molar-refractivity contribution in [2.24, 2.45) is 0 Å². The van der Waals surface area contributed by atoms with Crippen LogP contribution in [0, 0.1) is 5.82 Å². The third kappa shape index (κ3) is 4.32. The van der Waals surface area contributed by atoms with E-state index in [1.807, 2.05) is 32.3 Å². The zero-order valence-electron chi connectivity index (χ0n) is 15.0. The fourth-order valence-electron chi connectivity index (χ4n) is 2.93. The van der Waals surface area contributed by atoms with Gasteiger partial charge in [-0.3, -0.25) is 9.69 Å². The molecular weight excluding hydrogens is 335 g/mol. The number of nitrogens with one attached hydrogen (secondary N) is 1. The van der Waals surface area contributed by atoms with Crippen LogP contribution in [0.2, 0.25) is 0 Å². The van der Waals surface area contributed by atoms with E-state index in [0.717, 1.165) is 23.3 Å². The second kappa shape index (κ2) is 8.19. The Bertz CT molecular complexity index is 762. The minimum Gasteiger partial charge on any atom is -0.490 e. The molecule has 0 spiro atoms. The van der Waals surface area contributed by atoms with Gasteiger partial charge in [-0.25, -0.2) is 4.39 Å². The summed E-state index contributed by atoms with van der Waals surface area (Å²) in [6.07, 6.45) is 0.850. The van der Waals surface area contributed by atoms with Gasteiger partial charge in [0.05, 0.1) is 13.2 Å². The average molecular weight is 358 g/mol. The predicted molar refractivity (Wildman–Crippen MR) is 96.7 cm³/mol. The van der Waals surface area contributed by atoms with Gasteiger partial charge in [0, 0.05) is 13.0 Å². The number of nitrogens with zero attached hydrogens (tertiary/aromatic N) is 1. The summed E-state index contributed by atoms with van der Waals surface area (Å²) in [5.41, 5.74) is 1.67. The Kier molecular flexibility index (Phi) is 5.73. The molecule has 0 saturated heterocycles. The number of carbonyl (C=O) groups excluding carboxylic acids is 1. The van der Waals surface area contributed by atoms with E-state index in [-0.39, 0.29) is 11.7 Å². The molecule has 0 bridgehead atoms. The summed E-state index contributed by atoms with van der Waals surface area (Å²) in [4.78, 5) is 14.5. The molecule has 0 radical (unpaired) electrons. The van der Waals surface area contributed by atoms with E-state index in [1.54, 1.807) is 17.0 Å². The lowest BCUT2D eigenvalue weighted by Gasteiger charge is -2.24.